The Morgan fingerprint density at radius 2 is 2.47 bits per heavy atom. The van der Waals surface area contributed by atoms with E-state index < -0.39 is 0 Å². The third kappa shape index (κ3) is 3.00. The Morgan fingerprint density at radius 3 is 3.20 bits per heavy atom. The van der Waals surface area contributed by atoms with Crippen LogP contribution in [0.3, 0.4) is 0 Å². The molecule has 1 aliphatic heterocycles. The fourth-order valence-corrected chi connectivity index (χ4v) is 1.87. The maximum absolute atomic E-state index is 5.26. The van der Waals surface area contributed by atoms with Gasteiger partial charge in [0.25, 0.3) is 0 Å². The van der Waals surface area contributed by atoms with Crippen molar-refractivity contribution < 1.29 is 4.74 Å². The molecule has 2 heterocycles. The molecule has 0 bridgehead atoms. The van der Waals surface area contributed by atoms with Crippen molar-refractivity contribution in [3.63, 3.8) is 0 Å². The van der Waals surface area contributed by atoms with Gasteiger partial charge < -0.3 is 14.2 Å². The summed E-state index contributed by atoms with van der Waals surface area (Å²) in [6.07, 6.45) is 7.50. The van der Waals surface area contributed by atoms with Crippen molar-refractivity contribution in [2.75, 3.05) is 26.3 Å². The molecule has 0 amide bonds. The van der Waals surface area contributed by atoms with E-state index in [0.29, 0.717) is 6.61 Å². The fourth-order valence-electron chi connectivity index (χ4n) is 1.60. The van der Waals surface area contributed by atoms with E-state index in [2.05, 4.69) is 16.1 Å². The summed E-state index contributed by atoms with van der Waals surface area (Å²) in [4.78, 5) is 7.03. The van der Waals surface area contributed by atoms with Crippen LogP contribution in [0.1, 0.15) is 6.42 Å². The standard InChI is InChI=1S/C10H14N3OS/c15-10-8-14-7-6-13(10)4-1-3-12-5-2-11-9-12/h5,9H,1,3-4,6-8H2. The second-order valence-electron chi connectivity index (χ2n) is 3.53. The first-order valence-electron chi connectivity index (χ1n) is 5.09. The summed E-state index contributed by atoms with van der Waals surface area (Å²) in [5.41, 5.74) is 0. The number of thiocarbonyl (C=S) groups is 1. The van der Waals surface area contributed by atoms with Gasteiger partial charge in [-0.25, -0.2) is 4.98 Å². The molecular formula is C10H14N3OS. The van der Waals surface area contributed by atoms with Crippen LogP contribution in [0.15, 0.2) is 12.5 Å². The molecule has 15 heavy (non-hydrogen) atoms. The van der Waals surface area contributed by atoms with Gasteiger partial charge in [0.15, 0.2) is 0 Å². The van der Waals surface area contributed by atoms with Crippen molar-refractivity contribution in [1.29, 1.82) is 0 Å². The Hall–Kier alpha value is -0.940. The van der Waals surface area contributed by atoms with E-state index in [-0.39, 0.29) is 0 Å². The number of aromatic nitrogens is 2. The quantitative estimate of drug-likeness (QED) is 0.706. The Morgan fingerprint density at radius 1 is 1.53 bits per heavy atom. The molecule has 1 aliphatic rings. The molecule has 0 N–H and O–H groups in total. The molecule has 0 saturated carbocycles. The lowest BCUT2D eigenvalue weighted by atomic mass is 10.3. The zero-order valence-corrected chi connectivity index (χ0v) is 9.37. The molecule has 4 nitrogen and oxygen atoms in total. The molecule has 0 aliphatic carbocycles. The molecule has 1 aromatic heterocycles. The summed E-state index contributed by atoms with van der Waals surface area (Å²) in [7, 11) is 0. The minimum atomic E-state index is 0.605. The number of rotatable bonds is 4. The summed E-state index contributed by atoms with van der Waals surface area (Å²) in [5, 5.41) is 0. The first-order chi connectivity index (χ1) is 7.36. The SMILES string of the molecule is S=C1COCCN1CCCn1c[c]nc1. The van der Waals surface area contributed by atoms with Gasteiger partial charge in [0.1, 0.15) is 11.2 Å². The van der Waals surface area contributed by atoms with E-state index in [0.717, 1.165) is 37.7 Å². The lowest BCUT2D eigenvalue weighted by Gasteiger charge is -2.29. The van der Waals surface area contributed by atoms with Gasteiger partial charge in [-0.2, -0.15) is 0 Å². The van der Waals surface area contributed by atoms with Gasteiger partial charge in [-0.1, -0.05) is 12.2 Å². The van der Waals surface area contributed by atoms with Gasteiger partial charge in [0.2, 0.25) is 0 Å². The van der Waals surface area contributed by atoms with Crippen molar-refractivity contribution in [1.82, 2.24) is 14.5 Å². The monoisotopic (exact) mass is 224 g/mol. The molecule has 0 spiro atoms. The molecule has 1 aromatic rings. The Bertz CT molecular complexity index is 312. The number of imidazole rings is 1. The molecule has 1 fully saturated rings. The summed E-state index contributed by atoms with van der Waals surface area (Å²) in [6, 6.07) is 0. The second-order valence-corrected chi connectivity index (χ2v) is 4.00. The maximum atomic E-state index is 5.26. The average Bonchev–Trinajstić information content (AvgIpc) is 2.74. The molecule has 0 unspecified atom stereocenters. The van der Waals surface area contributed by atoms with Crippen LogP contribution in [0.5, 0.6) is 0 Å². The highest BCUT2D eigenvalue weighted by molar-refractivity contribution is 7.80. The van der Waals surface area contributed by atoms with E-state index in [1.165, 1.54) is 0 Å². The number of hydrogen-bond acceptors (Lipinski definition) is 3. The molecule has 1 saturated heterocycles. The molecule has 0 atom stereocenters. The summed E-state index contributed by atoms with van der Waals surface area (Å²) in [6.45, 7) is 4.29. The predicted molar refractivity (Wildman–Crippen MR) is 60.7 cm³/mol. The number of morpholine rings is 1. The van der Waals surface area contributed by atoms with Crippen LogP contribution >= 0.6 is 12.2 Å². The first-order valence-corrected chi connectivity index (χ1v) is 5.50. The van der Waals surface area contributed by atoms with Gasteiger partial charge in [0.05, 0.1) is 19.5 Å². The highest BCUT2D eigenvalue weighted by Gasteiger charge is 2.13. The molecule has 5 heteroatoms. The zero-order chi connectivity index (χ0) is 10.5. The fraction of sp³-hybridized carbons (Fsp3) is 0.600. The van der Waals surface area contributed by atoms with Crippen LogP contribution in [0.25, 0.3) is 0 Å². The van der Waals surface area contributed by atoms with E-state index in [1.54, 1.807) is 6.33 Å². The normalized spacial score (nSPS) is 17.1. The lowest BCUT2D eigenvalue weighted by Crippen LogP contribution is -2.41. The average molecular weight is 224 g/mol. The number of ether oxygens (including phenoxy) is 1. The molecular weight excluding hydrogens is 210 g/mol. The van der Waals surface area contributed by atoms with E-state index in [4.69, 9.17) is 17.0 Å². The third-order valence-corrected chi connectivity index (χ3v) is 2.81. The Labute approximate surface area is 94.9 Å². The molecule has 0 aromatic carbocycles. The van der Waals surface area contributed by atoms with Crippen LogP contribution in [0, 0.1) is 6.20 Å². The number of hydrogen-bond donors (Lipinski definition) is 0. The Kier molecular flexibility index (Phi) is 3.69. The molecule has 1 radical (unpaired) electrons. The highest BCUT2D eigenvalue weighted by Crippen LogP contribution is 2.02. The minimum absolute atomic E-state index is 0.605. The van der Waals surface area contributed by atoms with Crippen LogP contribution in [0.2, 0.25) is 0 Å². The van der Waals surface area contributed by atoms with Gasteiger partial charge in [-0.05, 0) is 6.42 Å². The van der Waals surface area contributed by atoms with Gasteiger partial charge >= 0.3 is 0 Å². The lowest BCUT2D eigenvalue weighted by molar-refractivity contribution is 0.118. The largest absolute Gasteiger partial charge is 0.372 e. The van der Waals surface area contributed by atoms with E-state index in [9.17, 15) is 0 Å². The number of nitrogens with zero attached hydrogens (tertiary/aromatic N) is 3. The van der Waals surface area contributed by atoms with Crippen LogP contribution in [0.4, 0.5) is 0 Å². The van der Waals surface area contributed by atoms with E-state index >= 15 is 0 Å². The third-order valence-electron chi connectivity index (χ3n) is 2.43. The van der Waals surface area contributed by atoms with Crippen molar-refractivity contribution in [3.05, 3.63) is 18.7 Å². The van der Waals surface area contributed by atoms with Gasteiger partial charge in [-0.3, -0.25) is 0 Å². The van der Waals surface area contributed by atoms with E-state index in [1.807, 2.05) is 10.8 Å². The maximum Gasteiger partial charge on any atom is 0.108 e. The smallest absolute Gasteiger partial charge is 0.108 e. The van der Waals surface area contributed by atoms with Crippen LogP contribution in [-0.4, -0.2) is 45.7 Å². The van der Waals surface area contributed by atoms with Crippen LogP contribution in [-0.2, 0) is 11.3 Å². The number of aryl methyl sites for hydroxylation is 1. The van der Waals surface area contributed by atoms with Gasteiger partial charge in [0, 0.05) is 25.8 Å². The second kappa shape index (κ2) is 5.23. The van der Waals surface area contributed by atoms with Crippen LogP contribution < -0.4 is 0 Å². The summed E-state index contributed by atoms with van der Waals surface area (Å²) in [5.74, 6) is 0. The van der Waals surface area contributed by atoms with Crippen molar-refractivity contribution >= 4 is 17.2 Å². The topological polar surface area (TPSA) is 30.3 Å². The van der Waals surface area contributed by atoms with Crippen molar-refractivity contribution in [2.45, 2.75) is 13.0 Å². The van der Waals surface area contributed by atoms with Gasteiger partial charge in [-0.15, -0.1) is 0 Å². The Balaban J connectivity index is 1.71. The summed E-state index contributed by atoms with van der Waals surface area (Å²) >= 11 is 5.22. The zero-order valence-electron chi connectivity index (χ0n) is 8.56. The van der Waals surface area contributed by atoms with Crippen molar-refractivity contribution in [3.8, 4) is 0 Å². The highest BCUT2D eigenvalue weighted by atomic mass is 32.1. The minimum Gasteiger partial charge on any atom is -0.372 e. The molecule has 81 valence electrons. The summed E-state index contributed by atoms with van der Waals surface area (Å²) < 4.78 is 7.29. The first kappa shape index (κ1) is 10.6. The van der Waals surface area contributed by atoms with Crippen molar-refractivity contribution in [2.24, 2.45) is 0 Å². The molecule has 2 rings (SSSR count). The predicted octanol–water partition coefficient (Wildman–Crippen LogP) is 0.733.